The van der Waals surface area contributed by atoms with Gasteiger partial charge in [0.2, 0.25) is 11.8 Å². The Hall–Kier alpha value is -1.59. The molecule has 1 fully saturated rings. The molecule has 0 aliphatic carbocycles. The van der Waals surface area contributed by atoms with E-state index in [1.165, 1.54) is 4.90 Å². The molecule has 0 spiro atoms. The molecule has 2 N–H and O–H groups in total. The predicted octanol–water partition coefficient (Wildman–Crippen LogP) is -0.0233. The second kappa shape index (κ2) is 5.65. The van der Waals surface area contributed by atoms with Gasteiger partial charge in [0.25, 0.3) is 0 Å². The molecule has 1 rings (SSSR count). The summed E-state index contributed by atoms with van der Waals surface area (Å²) in [6.07, 6.45) is 0.773. The van der Waals surface area contributed by atoms with Gasteiger partial charge in [-0.05, 0) is 20.3 Å². The average molecular weight is 242 g/mol. The van der Waals surface area contributed by atoms with E-state index in [1.807, 2.05) is 0 Å². The number of nitrogens with zero attached hydrogens (tertiary/aromatic N) is 1. The first-order valence-corrected chi connectivity index (χ1v) is 5.77. The van der Waals surface area contributed by atoms with Crippen molar-refractivity contribution in [3.63, 3.8) is 0 Å². The fraction of sp³-hybridized carbons (Fsp3) is 0.727. The van der Waals surface area contributed by atoms with Gasteiger partial charge in [0, 0.05) is 19.0 Å². The van der Waals surface area contributed by atoms with E-state index in [0.717, 1.165) is 0 Å². The van der Waals surface area contributed by atoms with E-state index in [1.54, 1.807) is 13.8 Å². The number of hydrogen-bond donors (Lipinski definition) is 2. The maximum absolute atomic E-state index is 12.1. The van der Waals surface area contributed by atoms with Gasteiger partial charge >= 0.3 is 5.97 Å². The van der Waals surface area contributed by atoms with Gasteiger partial charge in [-0.3, -0.25) is 14.4 Å². The summed E-state index contributed by atoms with van der Waals surface area (Å²) in [5.41, 5.74) is 0. The summed E-state index contributed by atoms with van der Waals surface area (Å²) in [5, 5.41) is 11.3. The SMILES string of the molecule is CCN(C(=O)C1CCC(=O)N1)C(C)CC(=O)O. The summed E-state index contributed by atoms with van der Waals surface area (Å²) in [4.78, 5) is 35.2. The summed E-state index contributed by atoms with van der Waals surface area (Å²) < 4.78 is 0. The summed E-state index contributed by atoms with van der Waals surface area (Å²) >= 11 is 0. The summed E-state index contributed by atoms with van der Waals surface area (Å²) in [6, 6.07) is -0.846. The van der Waals surface area contributed by atoms with Crippen molar-refractivity contribution >= 4 is 17.8 Å². The van der Waals surface area contributed by atoms with Gasteiger partial charge in [0.05, 0.1) is 6.42 Å². The highest BCUT2D eigenvalue weighted by molar-refractivity contribution is 5.91. The number of nitrogens with one attached hydrogen (secondary N) is 1. The van der Waals surface area contributed by atoms with Gasteiger partial charge in [-0.2, -0.15) is 0 Å². The highest BCUT2D eigenvalue weighted by Gasteiger charge is 2.32. The lowest BCUT2D eigenvalue weighted by Crippen LogP contribution is -2.48. The van der Waals surface area contributed by atoms with Crippen LogP contribution < -0.4 is 5.32 Å². The Morgan fingerprint density at radius 1 is 1.59 bits per heavy atom. The fourth-order valence-electron chi connectivity index (χ4n) is 2.05. The number of carbonyl (C=O) groups is 3. The maximum atomic E-state index is 12.1. The van der Waals surface area contributed by atoms with Crippen LogP contribution in [0, 0.1) is 0 Å². The zero-order chi connectivity index (χ0) is 13.0. The summed E-state index contributed by atoms with van der Waals surface area (Å²) in [6.45, 7) is 3.94. The standard InChI is InChI=1S/C11H18N2O4/c1-3-13(7(2)6-10(15)16)11(17)8-4-5-9(14)12-8/h7-8H,3-6H2,1-2H3,(H,12,14)(H,15,16). The minimum absolute atomic E-state index is 0.0831. The zero-order valence-corrected chi connectivity index (χ0v) is 10.1. The van der Waals surface area contributed by atoms with Gasteiger partial charge < -0.3 is 15.3 Å². The summed E-state index contributed by atoms with van der Waals surface area (Å²) in [7, 11) is 0. The van der Waals surface area contributed by atoms with Crippen LogP contribution in [0.1, 0.15) is 33.1 Å². The lowest BCUT2D eigenvalue weighted by molar-refractivity contribution is -0.141. The Labute approximate surface area is 100.0 Å². The van der Waals surface area contributed by atoms with E-state index in [2.05, 4.69) is 5.32 Å². The van der Waals surface area contributed by atoms with Crippen molar-refractivity contribution in [2.24, 2.45) is 0 Å². The minimum atomic E-state index is -0.931. The lowest BCUT2D eigenvalue weighted by Gasteiger charge is -2.29. The van der Waals surface area contributed by atoms with Crippen molar-refractivity contribution in [2.45, 2.75) is 45.2 Å². The predicted molar refractivity (Wildman–Crippen MR) is 60.3 cm³/mol. The normalized spacial score (nSPS) is 20.8. The largest absolute Gasteiger partial charge is 0.481 e. The first kappa shape index (κ1) is 13.5. The van der Waals surface area contributed by atoms with Gasteiger partial charge in [-0.25, -0.2) is 0 Å². The van der Waals surface area contributed by atoms with Crippen LogP contribution in [0.5, 0.6) is 0 Å². The number of likely N-dealkylation sites (N-methyl/N-ethyl adjacent to an activating group) is 1. The molecule has 6 heteroatoms. The van der Waals surface area contributed by atoms with Crippen LogP contribution in [0.2, 0.25) is 0 Å². The van der Waals surface area contributed by atoms with Crippen molar-refractivity contribution < 1.29 is 19.5 Å². The van der Waals surface area contributed by atoms with Crippen LogP contribution in [0.15, 0.2) is 0 Å². The molecule has 1 saturated heterocycles. The third-order valence-electron chi connectivity index (χ3n) is 2.92. The third kappa shape index (κ3) is 3.44. The highest BCUT2D eigenvalue weighted by Crippen LogP contribution is 2.13. The third-order valence-corrected chi connectivity index (χ3v) is 2.92. The molecular formula is C11H18N2O4. The van der Waals surface area contributed by atoms with Gasteiger partial charge in [-0.1, -0.05) is 0 Å². The maximum Gasteiger partial charge on any atom is 0.305 e. The molecule has 2 amide bonds. The van der Waals surface area contributed by atoms with Crippen molar-refractivity contribution in [3.05, 3.63) is 0 Å². The van der Waals surface area contributed by atoms with Crippen molar-refractivity contribution in [2.75, 3.05) is 6.54 Å². The molecule has 0 radical (unpaired) electrons. The Morgan fingerprint density at radius 3 is 2.65 bits per heavy atom. The number of carboxylic acid groups (broad SMARTS) is 1. The molecule has 0 aromatic rings. The molecule has 0 aromatic carbocycles. The van der Waals surface area contributed by atoms with Crippen LogP contribution in [-0.4, -0.2) is 46.4 Å². The Kier molecular flexibility index (Phi) is 4.48. The van der Waals surface area contributed by atoms with E-state index in [4.69, 9.17) is 5.11 Å². The second-order valence-electron chi connectivity index (χ2n) is 4.23. The first-order valence-electron chi connectivity index (χ1n) is 5.77. The Morgan fingerprint density at radius 2 is 2.24 bits per heavy atom. The number of carbonyl (C=O) groups excluding carboxylic acids is 2. The zero-order valence-electron chi connectivity index (χ0n) is 10.1. The van der Waals surface area contributed by atoms with Crippen LogP contribution in [-0.2, 0) is 14.4 Å². The molecule has 0 saturated carbocycles. The fourth-order valence-corrected chi connectivity index (χ4v) is 2.05. The minimum Gasteiger partial charge on any atom is -0.481 e. The van der Waals surface area contributed by atoms with E-state index < -0.39 is 12.0 Å². The van der Waals surface area contributed by atoms with Crippen LogP contribution in [0.3, 0.4) is 0 Å². The van der Waals surface area contributed by atoms with E-state index in [-0.39, 0.29) is 24.3 Å². The monoisotopic (exact) mass is 242 g/mol. The number of rotatable bonds is 5. The summed E-state index contributed by atoms with van der Waals surface area (Å²) in [5.74, 6) is -1.24. The molecular weight excluding hydrogens is 224 g/mol. The molecule has 1 aliphatic heterocycles. The lowest BCUT2D eigenvalue weighted by atomic mass is 10.1. The molecule has 2 unspecified atom stereocenters. The highest BCUT2D eigenvalue weighted by atomic mass is 16.4. The smallest absolute Gasteiger partial charge is 0.305 e. The Bertz CT molecular complexity index is 329. The van der Waals surface area contributed by atoms with E-state index in [9.17, 15) is 14.4 Å². The number of carboxylic acids is 1. The van der Waals surface area contributed by atoms with Crippen LogP contribution in [0.25, 0.3) is 0 Å². The quantitative estimate of drug-likeness (QED) is 0.709. The molecule has 2 atom stereocenters. The molecule has 0 aromatic heterocycles. The van der Waals surface area contributed by atoms with Crippen molar-refractivity contribution in [1.29, 1.82) is 0 Å². The second-order valence-corrected chi connectivity index (χ2v) is 4.23. The van der Waals surface area contributed by atoms with Gasteiger partial charge in [0.1, 0.15) is 6.04 Å². The van der Waals surface area contributed by atoms with Gasteiger partial charge in [-0.15, -0.1) is 0 Å². The van der Waals surface area contributed by atoms with Crippen molar-refractivity contribution in [1.82, 2.24) is 10.2 Å². The van der Waals surface area contributed by atoms with Crippen LogP contribution >= 0.6 is 0 Å². The molecule has 0 bridgehead atoms. The number of hydrogen-bond acceptors (Lipinski definition) is 3. The molecule has 6 nitrogen and oxygen atoms in total. The molecule has 1 aliphatic rings. The molecule has 17 heavy (non-hydrogen) atoms. The van der Waals surface area contributed by atoms with E-state index in [0.29, 0.717) is 19.4 Å². The van der Waals surface area contributed by atoms with Gasteiger partial charge in [0.15, 0.2) is 0 Å². The van der Waals surface area contributed by atoms with Crippen molar-refractivity contribution in [3.8, 4) is 0 Å². The average Bonchev–Trinajstić information content (AvgIpc) is 2.64. The molecule has 96 valence electrons. The number of aliphatic carboxylic acids is 1. The topological polar surface area (TPSA) is 86.7 Å². The Balaban J connectivity index is 2.63. The van der Waals surface area contributed by atoms with E-state index >= 15 is 0 Å². The first-order chi connectivity index (χ1) is 7.95. The molecule has 1 heterocycles. The number of amides is 2. The van der Waals surface area contributed by atoms with Crippen LogP contribution in [0.4, 0.5) is 0 Å².